The van der Waals surface area contributed by atoms with Crippen LogP contribution in [0, 0.1) is 0 Å². The van der Waals surface area contributed by atoms with Gasteiger partial charge in [0, 0.05) is 0 Å². The lowest BCUT2D eigenvalue weighted by atomic mass is 10.1. The maximum atomic E-state index is 5.89. The number of hydrogen-bond donors (Lipinski definition) is 2. The second-order valence-electron chi connectivity index (χ2n) is 2.43. The van der Waals surface area contributed by atoms with Crippen molar-refractivity contribution < 1.29 is 0 Å². The predicted molar refractivity (Wildman–Crippen MR) is 46.7 cm³/mol. The fourth-order valence-corrected chi connectivity index (χ4v) is 1.68. The summed E-state index contributed by atoms with van der Waals surface area (Å²) in [5, 5.41) is 14.2. The average molecular weight is 180 g/mol. The number of nitrogens with two attached hydrogens (primary N) is 1. The molecule has 2 aromatic heterocycles. The highest BCUT2D eigenvalue weighted by molar-refractivity contribution is 7.07. The molecule has 0 saturated carbocycles. The number of thiophene rings is 1. The third-order valence-electron chi connectivity index (χ3n) is 1.65. The highest BCUT2D eigenvalue weighted by atomic mass is 32.1. The summed E-state index contributed by atoms with van der Waals surface area (Å²) in [5.74, 6) is 0. The van der Waals surface area contributed by atoms with Gasteiger partial charge in [-0.1, -0.05) is 0 Å². The van der Waals surface area contributed by atoms with Crippen molar-refractivity contribution in [1.29, 1.82) is 0 Å². The Morgan fingerprint density at radius 1 is 1.58 bits per heavy atom. The van der Waals surface area contributed by atoms with Gasteiger partial charge < -0.3 is 5.73 Å². The van der Waals surface area contributed by atoms with Gasteiger partial charge in [-0.3, -0.25) is 0 Å². The number of H-pyrrole nitrogens is 1. The van der Waals surface area contributed by atoms with Gasteiger partial charge in [0.05, 0.1) is 12.2 Å². The molecule has 3 N–H and O–H groups in total. The second-order valence-corrected chi connectivity index (χ2v) is 3.21. The molecule has 0 amide bonds. The summed E-state index contributed by atoms with van der Waals surface area (Å²) in [6.07, 6.45) is 1.64. The molecule has 0 aromatic carbocycles. The van der Waals surface area contributed by atoms with Crippen molar-refractivity contribution in [3.63, 3.8) is 0 Å². The molecule has 0 aliphatic carbocycles. The molecule has 0 saturated heterocycles. The first-order valence-electron chi connectivity index (χ1n) is 3.51. The van der Waals surface area contributed by atoms with Crippen LogP contribution in [0.15, 0.2) is 23.0 Å². The number of hydrogen-bond acceptors (Lipinski definition) is 4. The van der Waals surface area contributed by atoms with E-state index < -0.39 is 0 Å². The van der Waals surface area contributed by atoms with Crippen LogP contribution in [-0.4, -0.2) is 15.4 Å². The summed E-state index contributed by atoms with van der Waals surface area (Å²) in [6, 6.07) is 1.83. The van der Waals surface area contributed by atoms with Crippen molar-refractivity contribution in [3.05, 3.63) is 34.3 Å². The average Bonchev–Trinajstić information content (AvgIpc) is 2.77. The van der Waals surface area contributed by atoms with E-state index in [1.807, 2.05) is 16.8 Å². The third-order valence-corrected chi connectivity index (χ3v) is 2.36. The molecular weight excluding hydrogens is 172 g/mol. The van der Waals surface area contributed by atoms with Gasteiger partial charge in [0.1, 0.15) is 5.69 Å². The topological polar surface area (TPSA) is 67.6 Å². The summed E-state index contributed by atoms with van der Waals surface area (Å²) in [5.41, 5.74) is 7.74. The Hall–Kier alpha value is -1.20. The molecule has 0 radical (unpaired) electrons. The van der Waals surface area contributed by atoms with Crippen LogP contribution < -0.4 is 5.73 Å². The van der Waals surface area contributed by atoms with Gasteiger partial charge in [0.15, 0.2) is 0 Å². The monoisotopic (exact) mass is 180 g/mol. The molecular formula is C7H8N4S. The quantitative estimate of drug-likeness (QED) is 0.722. The van der Waals surface area contributed by atoms with Crippen molar-refractivity contribution in [1.82, 2.24) is 15.4 Å². The van der Waals surface area contributed by atoms with Crippen molar-refractivity contribution in [2.75, 3.05) is 0 Å². The molecule has 0 aliphatic rings. The number of aromatic amines is 1. The molecule has 0 spiro atoms. The Labute approximate surface area is 73.4 Å². The number of nitrogens with one attached hydrogen (secondary N) is 1. The molecule has 5 heteroatoms. The lowest BCUT2D eigenvalue weighted by molar-refractivity contribution is 0.813. The van der Waals surface area contributed by atoms with Crippen LogP contribution in [0.2, 0.25) is 0 Å². The van der Waals surface area contributed by atoms with E-state index in [1.165, 1.54) is 0 Å². The van der Waals surface area contributed by atoms with E-state index in [0.29, 0.717) is 0 Å². The summed E-state index contributed by atoms with van der Waals surface area (Å²) in [4.78, 5) is 0. The summed E-state index contributed by atoms with van der Waals surface area (Å²) in [7, 11) is 0. The van der Waals surface area contributed by atoms with Crippen molar-refractivity contribution in [2.24, 2.45) is 5.73 Å². The van der Waals surface area contributed by atoms with E-state index in [2.05, 4.69) is 15.4 Å². The largest absolute Gasteiger partial charge is 0.319 e. The van der Waals surface area contributed by atoms with Crippen LogP contribution in [0.1, 0.15) is 17.3 Å². The summed E-state index contributed by atoms with van der Waals surface area (Å²) < 4.78 is 0. The van der Waals surface area contributed by atoms with E-state index in [-0.39, 0.29) is 6.04 Å². The van der Waals surface area contributed by atoms with Crippen molar-refractivity contribution in [2.45, 2.75) is 6.04 Å². The highest BCUT2D eigenvalue weighted by Crippen LogP contribution is 2.18. The summed E-state index contributed by atoms with van der Waals surface area (Å²) in [6.45, 7) is 0. The zero-order chi connectivity index (χ0) is 8.39. The van der Waals surface area contributed by atoms with Crippen LogP contribution in [0.5, 0.6) is 0 Å². The SMILES string of the molecule is NC(c1ccsc1)c1cn[nH]n1. The van der Waals surface area contributed by atoms with Gasteiger partial charge in [-0.05, 0) is 22.4 Å². The molecule has 62 valence electrons. The molecule has 12 heavy (non-hydrogen) atoms. The molecule has 1 atom stereocenters. The Bertz CT molecular complexity index is 292. The lowest BCUT2D eigenvalue weighted by Gasteiger charge is -2.03. The number of nitrogens with zero attached hydrogens (tertiary/aromatic N) is 2. The lowest BCUT2D eigenvalue weighted by Crippen LogP contribution is -2.11. The maximum Gasteiger partial charge on any atom is 0.104 e. The minimum absolute atomic E-state index is 0.157. The van der Waals surface area contributed by atoms with E-state index >= 15 is 0 Å². The number of aromatic nitrogens is 3. The zero-order valence-corrected chi connectivity index (χ0v) is 7.08. The van der Waals surface area contributed by atoms with Gasteiger partial charge in [-0.2, -0.15) is 26.7 Å². The molecule has 0 fully saturated rings. The maximum absolute atomic E-state index is 5.89. The molecule has 4 nitrogen and oxygen atoms in total. The first kappa shape index (κ1) is 7.45. The summed E-state index contributed by atoms with van der Waals surface area (Å²) >= 11 is 1.63. The smallest absolute Gasteiger partial charge is 0.104 e. The van der Waals surface area contributed by atoms with Crippen LogP contribution in [-0.2, 0) is 0 Å². The first-order chi connectivity index (χ1) is 5.88. The van der Waals surface area contributed by atoms with Gasteiger partial charge in [0.2, 0.25) is 0 Å². The van der Waals surface area contributed by atoms with Crippen LogP contribution >= 0.6 is 11.3 Å². The van der Waals surface area contributed by atoms with Crippen molar-refractivity contribution >= 4 is 11.3 Å². The van der Waals surface area contributed by atoms with Gasteiger partial charge in [-0.15, -0.1) is 0 Å². The van der Waals surface area contributed by atoms with Crippen LogP contribution in [0.3, 0.4) is 0 Å². The van der Waals surface area contributed by atoms with E-state index in [9.17, 15) is 0 Å². The van der Waals surface area contributed by atoms with Crippen LogP contribution in [0.25, 0.3) is 0 Å². The molecule has 2 rings (SSSR count). The van der Waals surface area contributed by atoms with E-state index in [1.54, 1.807) is 17.5 Å². The molecule has 0 bridgehead atoms. The Morgan fingerprint density at radius 2 is 2.50 bits per heavy atom. The third kappa shape index (κ3) is 1.24. The molecule has 2 heterocycles. The Balaban J connectivity index is 2.27. The van der Waals surface area contributed by atoms with Crippen molar-refractivity contribution in [3.8, 4) is 0 Å². The highest BCUT2D eigenvalue weighted by Gasteiger charge is 2.10. The molecule has 0 aliphatic heterocycles. The first-order valence-corrected chi connectivity index (χ1v) is 4.45. The second kappa shape index (κ2) is 3.04. The Kier molecular flexibility index (Phi) is 1.89. The Morgan fingerprint density at radius 3 is 3.08 bits per heavy atom. The van der Waals surface area contributed by atoms with Crippen LogP contribution in [0.4, 0.5) is 0 Å². The fourth-order valence-electron chi connectivity index (χ4n) is 0.983. The zero-order valence-electron chi connectivity index (χ0n) is 6.27. The minimum atomic E-state index is -0.157. The normalized spacial score (nSPS) is 13.1. The fraction of sp³-hybridized carbons (Fsp3) is 0.143. The van der Waals surface area contributed by atoms with E-state index in [0.717, 1.165) is 11.3 Å². The predicted octanol–water partition coefficient (Wildman–Crippen LogP) is 0.914. The standard InChI is InChI=1S/C7H8N4S/c8-7(5-1-2-12-4-5)6-3-9-11-10-6/h1-4,7H,8H2,(H,9,10,11). The van der Waals surface area contributed by atoms with Gasteiger partial charge >= 0.3 is 0 Å². The van der Waals surface area contributed by atoms with Gasteiger partial charge in [-0.25, -0.2) is 0 Å². The number of rotatable bonds is 2. The molecule has 2 aromatic rings. The van der Waals surface area contributed by atoms with Gasteiger partial charge in [0.25, 0.3) is 0 Å². The molecule has 1 unspecified atom stereocenters. The minimum Gasteiger partial charge on any atom is -0.319 e. The van der Waals surface area contributed by atoms with E-state index in [4.69, 9.17) is 5.73 Å².